The average molecular weight is 307 g/mol. The SMILES string of the molecule is C=C(C)C(=O)C(NCCN)C(N)(C(=O)C(=C)C)C(=O)C(=C)C. The number of rotatable bonds is 10. The first-order chi connectivity index (χ1) is 10.0. The quantitative estimate of drug-likeness (QED) is 0.387. The Kier molecular flexibility index (Phi) is 7.25. The molecule has 0 bridgehead atoms. The van der Waals surface area contributed by atoms with Crippen LogP contribution in [0.4, 0.5) is 0 Å². The molecule has 0 fully saturated rings. The van der Waals surface area contributed by atoms with Crippen LogP contribution in [0.5, 0.6) is 0 Å². The minimum Gasteiger partial charge on any atom is -0.329 e. The Balaban J connectivity index is 6.16. The van der Waals surface area contributed by atoms with Gasteiger partial charge < -0.3 is 16.8 Å². The molecule has 0 rings (SSSR count). The largest absolute Gasteiger partial charge is 0.329 e. The van der Waals surface area contributed by atoms with Gasteiger partial charge in [-0.2, -0.15) is 0 Å². The molecule has 0 aliphatic heterocycles. The third-order valence-electron chi connectivity index (χ3n) is 3.16. The Bertz CT molecular complexity index is 509. The first kappa shape index (κ1) is 20.1. The van der Waals surface area contributed by atoms with Crippen LogP contribution in [0.2, 0.25) is 0 Å². The number of nitrogens with one attached hydrogen (secondary N) is 1. The number of hydrogen-bond donors (Lipinski definition) is 3. The zero-order chi connectivity index (χ0) is 17.7. The Morgan fingerprint density at radius 1 is 1.00 bits per heavy atom. The number of nitrogens with two attached hydrogens (primary N) is 2. The first-order valence-corrected chi connectivity index (χ1v) is 6.84. The molecule has 0 aliphatic rings. The molecule has 0 aromatic rings. The maximum Gasteiger partial charge on any atom is 0.187 e. The fourth-order valence-electron chi connectivity index (χ4n) is 2.01. The maximum absolute atomic E-state index is 12.5. The summed E-state index contributed by atoms with van der Waals surface area (Å²) in [5.74, 6) is -1.96. The normalized spacial score (nSPS) is 12.4. The molecule has 0 aromatic heterocycles. The van der Waals surface area contributed by atoms with Crippen LogP contribution in [0.3, 0.4) is 0 Å². The summed E-state index contributed by atoms with van der Waals surface area (Å²) in [6.45, 7) is 15.4. The predicted molar refractivity (Wildman–Crippen MR) is 87.2 cm³/mol. The van der Waals surface area contributed by atoms with Crippen molar-refractivity contribution < 1.29 is 14.4 Å². The van der Waals surface area contributed by atoms with Crippen molar-refractivity contribution in [1.29, 1.82) is 0 Å². The van der Waals surface area contributed by atoms with Gasteiger partial charge in [0.2, 0.25) is 0 Å². The van der Waals surface area contributed by atoms with Crippen molar-refractivity contribution in [3.63, 3.8) is 0 Å². The molecule has 0 heterocycles. The summed E-state index contributed by atoms with van der Waals surface area (Å²) in [5.41, 5.74) is 9.75. The van der Waals surface area contributed by atoms with Crippen LogP contribution < -0.4 is 16.8 Å². The number of carbonyl (C=O) groups is 3. The van der Waals surface area contributed by atoms with E-state index in [-0.39, 0.29) is 29.8 Å². The summed E-state index contributed by atoms with van der Waals surface area (Å²) in [4.78, 5) is 37.4. The molecule has 1 atom stereocenters. The van der Waals surface area contributed by atoms with Crippen LogP contribution in [-0.4, -0.2) is 42.0 Å². The lowest BCUT2D eigenvalue weighted by Gasteiger charge is -2.35. The second-order valence-corrected chi connectivity index (χ2v) is 5.41. The second-order valence-electron chi connectivity index (χ2n) is 5.41. The van der Waals surface area contributed by atoms with Crippen molar-refractivity contribution in [2.75, 3.05) is 13.1 Å². The van der Waals surface area contributed by atoms with E-state index in [1.54, 1.807) is 0 Å². The lowest BCUT2D eigenvalue weighted by molar-refractivity contribution is -0.136. The van der Waals surface area contributed by atoms with Crippen molar-refractivity contribution in [3.05, 3.63) is 36.5 Å². The van der Waals surface area contributed by atoms with Gasteiger partial charge in [-0.1, -0.05) is 19.7 Å². The number of carbonyl (C=O) groups excluding carboxylic acids is 3. The van der Waals surface area contributed by atoms with Gasteiger partial charge in [0, 0.05) is 13.1 Å². The van der Waals surface area contributed by atoms with Gasteiger partial charge in [0.15, 0.2) is 22.9 Å². The van der Waals surface area contributed by atoms with E-state index in [0.29, 0.717) is 0 Å². The molecule has 1 unspecified atom stereocenters. The Morgan fingerprint density at radius 2 is 1.41 bits per heavy atom. The van der Waals surface area contributed by atoms with Crippen LogP contribution in [0, 0.1) is 0 Å². The van der Waals surface area contributed by atoms with Crippen LogP contribution in [0.15, 0.2) is 36.5 Å². The van der Waals surface area contributed by atoms with Gasteiger partial charge in [-0.05, 0) is 37.5 Å². The smallest absolute Gasteiger partial charge is 0.187 e. The van der Waals surface area contributed by atoms with E-state index in [4.69, 9.17) is 11.5 Å². The number of ketones is 3. The van der Waals surface area contributed by atoms with Gasteiger partial charge in [-0.15, -0.1) is 0 Å². The fraction of sp³-hybridized carbons (Fsp3) is 0.438. The van der Waals surface area contributed by atoms with E-state index < -0.39 is 28.9 Å². The molecule has 6 heteroatoms. The minimum atomic E-state index is -2.12. The lowest BCUT2D eigenvalue weighted by atomic mass is 9.75. The highest BCUT2D eigenvalue weighted by molar-refractivity contribution is 6.26. The van der Waals surface area contributed by atoms with Crippen LogP contribution in [-0.2, 0) is 14.4 Å². The van der Waals surface area contributed by atoms with E-state index in [0.717, 1.165) is 0 Å². The molecule has 0 saturated carbocycles. The summed E-state index contributed by atoms with van der Waals surface area (Å²) in [6, 6.07) is -1.28. The van der Waals surface area contributed by atoms with E-state index in [9.17, 15) is 14.4 Å². The molecular weight excluding hydrogens is 282 g/mol. The van der Waals surface area contributed by atoms with E-state index in [2.05, 4.69) is 25.1 Å². The summed E-state index contributed by atoms with van der Waals surface area (Å²) in [7, 11) is 0. The van der Waals surface area contributed by atoms with Crippen molar-refractivity contribution in [2.24, 2.45) is 11.5 Å². The molecule has 0 spiro atoms. The van der Waals surface area contributed by atoms with Gasteiger partial charge in [-0.25, -0.2) is 0 Å². The molecule has 0 amide bonds. The molecule has 5 N–H and O–H groups in total. The third-order valence-corrected chi connectivity index (χ3v) is 3.16. The Morgan fingerprint density at radius 3 is 1.68 bits per heavy atom. The molecule has 22 heavy (non-hydrogen) atoms. The highest BCUT2D eigenvalue weighted by Crippen LogP contribution is 2.21. The summed E-state index contributed by atoms with van der Waals surface area (Å²) < 4.78 is 0. The topological polar surface area (TPSA) is 115 Å². The molecular formula is C16H25N3O3. The van der Waals surface area contributed by atoms with E-state index >= 15 is 0 Å². The molecule has 0 radical (unpaired) electrons. The fourth-order valence-corrected chi connectivity index (χ4v) is 2.01. The van der Waals surface area contributed by atoms with Crippen molar-refractivity contribution >= 4 is 17.3 Å². The number of hydrogen-bond acceptors (Lipinski definition) is 6. The van der Waals surface area contributed by atoms with Gasteiger partial charge in [0.25, 0.3) is 0 Å². The summed E-state index contributed by atoms with van der Waals surface area (Å²) in [5, 5.41) is 2.78. The number of Topliss-reactive ketones (excluding diaryl/α,β-unsaturated/α-hetero) is 3. The van der Waals surface area contributed by atoms with Gasteiger partial charge >= 0.3 is 0 Å². The van der Waals surface area contributed by atoms with Gasteiger partial charge in [0.05, 0.1) is 0 Å². The van der Waals surface area contributed by atoms with Gasteiger partial charge in [0.1, 0.15) is 6.04 Å². The van der Waals surface area contributed by atoms with Crippen LogP contribution in [0.25, 0.3) is 0 Å². The van der Waals surface area contributed by atoms with Crippen molar-refractivity contribution in [1.82, 2.24) is 5.32 Å². The lowest BCUT2D eigenvalue weighted by Crippen LogP contribution is -2.70. The van der Waals surface area contributed by atoms with Crippen LogP contribution >= 0.6 is 0 Å². The van der Waals surface area contributed by atoms with E-state index in [1.165, 1.54) is 20.8 Å². The third kappa shape index (κ3) is 4.07. The van der Waals surface area contributed by atoms with Crippen LogP contribution in [0.1, 0.15) is 20.8 Å². The first-order valence-electron chi connectivity index (χ1n) is 6.84. The average Bonchev–Trinajstić information content (AvgIpc) is 2.44. The molecule has 6 nitrogen and oxygen atoms in total. The zero-order valence-corrected chi connectivity index (χ0v) is 13.5. The second kappa shape index (κ2) is 7.93. The highest BCUT2D eigenvalue weighted by atomic mass is 16.2. The predicted octanol–water partition coefficient (Wildman–Crippen LogP) is 0.0364. The minimum absolute atomic E-state index is 0.0752. The van der Waals surface area contributed by atoms with E-state index in [1.807, 2.05) is 0 Å². The highest BCUT2D eigenvalue weighted by Gasteiger charge is 2.51. The van der Waals surface area contributed by atoms with Gasteiger partial charge in [-0.3, -0.25) is 14.4 Å². The molecule has 0 aromatic carbocycles. The zero-order valence-electron chi connectivity index (χ0n) is 13.5. The summed E-state index contributed by atoms with van der Waals surface area (Å²) >= 11 is 0. The maximum atomic E-state index is 12.5. The monoisotopic (exact) mass is 307 g/mol. The Hall–Kier alpha value is -1.89. The Labute approximate surface area is 131 Å². The van der Waals surface area contributed by atoms with Crippen molar-refractivity contribution in [3.8, 4) is 0 Å². The summed E-state index contributed by atoms with van der Waals surface area (Å²) in [6.07, 6.45) is 0. The molecule has 0 aliphatic carbocycles. The standard InChI is InChI=1S/C16H25N3O3/c1-9(2)12(20)13(19-8-7-17)16(18,14(21)10(3)4)15(22)11(5)6/h13,19H,1,3,5,7-8,17-18H2,2,4,6H3. The molecule has 122 valence electrons. The van der Waals surface area contributed by atoms with Crippen molar-refractivity contribution in [2.45, 2.75) is 32.4 Å². The molecule has 0 saturated heterocycles.